The zero-order valence-corrected chi connectivity index (χ0v) is 10.2. The van der Waals surface area contributed by atoms with Crippen LogP contribution >= 0.6 is 0 Å². The first-order valence-corrected chi connectivity index (χ1v) is 6.00. The van der Waals surface area contributed by atoms with E-state index in [1.54, 1.807) is 0 Å². The number of rotatable bonds is 2. The summed E-state index contributed by atoms with van der Waals surface area (Å²) in [6.45, 7) is 3.69. The maximum Gasteiger partial charge on any atom is 0.197 e. The van der Waals surface area contributed by atoms with E-state index in [1.807, 2.05) is 48.0 Å². The number of aliphatic imine (C=N–C) groups is 1. The molecule has 0 saturated carbocycles. The van der Waals surface area contributed by atoms with Crippen molar-refractivity contribution in [3.63, 3.8) is 0 Å². The molecule has 0 fully saturated rings. The number of guanidine groups is 1. The largest absolute Gasteiger partial charge is 0.354 e. The van der Waals surface area contributed by atoms with Gasteiger partial charge in [0.1, 0.15) is 5.82 Å². The standard InChI is InChI=1S/C13H15N5/c1-10-9-12(16-13-14-7-8-15-13)18(17-10)11-5-3-2-4-6-11/h2-6,9H,7-8H2,1H3,(H2,14,15,16). The highest BCUT2D eigenvalue weighted by atomic mass is 15.4. The molecular weight excluding hydrogens is 226 g/mol. The summed E-state index contributed by atoms with van der Waals surface area (Å²) in [6, 6.07) is 12.1. The molecule has 0 amide bonds. The Bertz CT molecular complexity index is 570. The highest BCUT2D eigenvalue weighted by Crippen LogP contribution is 2.16. The molecule has 2 heterocycles. The average Bonchev–Trinajstić information content (AvgIpc) is 3.01. The third-order valence-corrected chi connectivity index (χ3v) is 2.75. The monoisotopic (exact) mass is 241 g/mol. The molecule has 0 radical (unpaired) electrons. The Hall–Kier alpha value is -2.30. The molecule has 2 aromatic rings. The van der Waals surface area contributed by atoms with E-state index in [9.17, 15) is 0 Å². The molecule has 0 spiro atoms. The molecule has 5 nitrogen and oxygen atoms in total. The van der Waals surface area contributed by atoms with Crippen molar-refractivity contribution in [1.29, 1.82) is 0 Å². The van der Waals surface area contributed by atoms with Crippen molar-refractivity contribution in [3.05, 3.63) is 42.1 Å². The van der Waals surface area contributed by atoms with E-state index in [-0.39, 0.29) is 0 Å². The first-order chi connectivity index (χ1) is 8.83. The molecule has 2 N–H and O–H groups in total. The van der Waals surface area contributed by atoms with Crippen molar-refractivity contribution in [1.82, 2.24) is 15.1 Å². The van der Waals surface area contributed by atoms with E-state index in [1.165, 1.54) is 0 Å². The molecule has 1 aromatic heterocycles. The van der Waals surface area contributed by atoms with Crippen molar-refractivity contribution in [3.8, 4) is 5.69 Å². The number of benzene rings is 1. The van der Waals surface area contributed by atoms with Crippen LogP contribution in [0.2, 0.25) is 0 Å². The van der Waals surface area contributed by atoms with Crippen molar-refractivity contribution in [2.75, 3.05) is 18.4 Å². The summed E-state index contributed by atoms with van der Waals surface area (Å²) >= 11 is 0. The van der Waals surface area contributed by atoms with Crippen LogP contribution in [0, 0.1) is 6.92 Å². The number of nitrogens with zero attached hydrogens (tertiary/aromatic N) is 3. The molecule has 0 bridgehead atoms. The Morgan fingerprint density at radius 3 is 2.83 bits per heavy atom. The smallest absolute Gasteiger partial charge is 0.197 e. The molecule has 3 rings (SSSR count). The second kappa shape index (κ2) is 4.52. The van der Waals surface area contributed by atoms with Crippen molar-refractivity contribution < 1.29 is 0 Å². The zero-order chi connectivity index (χ0) is 12.4. The van der Waals surface area contributed by atoms with E-state index >= 15 is 0 Å². The van der Waals surface area contributed by atoms with Gasteiger partial charge in [-0.25, -0.2) is 4.68 Å². The number of para-hydroxylation sites is 1. The number of anilines is 1. The van der Waals surface area contributed by atoms with Crippen LogP contribution in [0.5, 0.6) is 0 Å². The van der Waals surface area contributed by atoms with Gasteiger partial charge < -0.3 is 10.6 Å². The quantitative estimate of drug-likeness (QED) is 0.838. The van der Waals surface area contributed by atoms with Crippen LogP contribution in [0.25, 0.3) is 5.69 Å². The Kier molecular flexibility index (Phi) is 2.72. The van der Waals surface area contributed by atoms with Gasteiger partial charge in [0.05, 0.1) is 17.9 Å². The molecular formula is C13H15N5. The van der Waals surface area contributed by atoms with Crippen molar-refractivity contribution >= 4 is 11.8 Å². The van der Waals surface area contributed by atoms with Crippen LogP contribution in [0.15, 0.2) is 41.4 Å². The van der Waals surface area contributed by atoms with Crippen molar-refractivity contribution in [2.24, 2.45) is 4.99 Å². The van der Waals surface area contributed by atoms with Crippen LogP contribution < -0.4 is 10.6 Å². The van der Waals surface area contributed by atoms with Gasteiger partial charge in [-0.05, 0) is 19.1 Å². The Morgan fingerprint density at radius 2 is 2.11 bits per heavy atom. The predicted molar refractivity (Wildman–Crippen MR) is 72.2 cm³/mol. The van der Waals surface area contributed by atoms with Gasteiger partial charge in [-0.3, -0.25) is 4.99 Å². The van der Waals surface area contributed by atoms with E-state index in [0.29, 0.717) is 0 Å². The van der Waals surface area contributed by atoms with Gasteiger partial charge in [-0.2, -0.15) is 5.10 Å². The van der Waals surface area contributed by atoms with Gasteiger partial charge in [0.15, 0.2) is 5.96 Å². The summed E-state index contributed by atoms with van der Waals surface area (Å²) in [5.41, 5.74) is 2.01. The fourth-order valence-corrected chi connectivity index (χ4v) is 1.96. The predicted octanol–water partition coefficient (Wildman–Crippen LogP) is 1.55. The minimum atomic E-state index is 0.812. The first-order valence-electron chi connectivity index (χ1n) is 6.00. The molecule has 92 valence electrons. The third-order valence-electron chi connectivity index (χ3n) is 2.75. The second-order valence-corrected chi connectivity index (χ2v) is 4.20. The van der Waals surface area contributed by atoms with Crippen LogP contribution in [-0.4, -0.2) is 28.8 Å². The van der Waals surface area contributed by atoms with Crippen LogP contribution in [0.1, 0.15) is 5.69 Å². The lowest BCUT2D eigenvalue weighted by Crippen LogP contribution is -2.27. The van der Waals surface area contributed by atoms with Crippen molar-refractivity contribution in [2.45, 2.75) is 6.92 Å². The molecule has 1 aliphatic rings. The molecule has 1 aromatic carbocycles. The van der Waals surface area contributed by atoms with E-state index < -0.39 is 0 Å². The highest BCUT2D eigenvalue weighted by Gasteiger charge is 2.11. The minimum Gasteiger partial charge on any atom is -0.354 e. The van der Waals surface area contributed by atoms with E-state index in [0.717, 1.165) is 36.2 Å². The minimum absolute atomic E-state index is 0.812. The highest BCUT2D eigenvalue weighted by molar-refractivity contribution is 5.94. The Morgan fingerprint density at radius 1 is 1.28 bits per heavy atom. The summed E-state index contributed by atoms with van der Waals surface area (Å²) in [5, 5.41) is 11.0. The number of nitrogens with one attached hydrogen (secondary N) is 2. The number of hydrogen-bond acceptors (Lipinski definition) is 4. The van der Waals surface area contributed by atoms with E-state index in [2.05, 4.69) is 20.7 Å². The number of aromatic nitrogens is 2. The lowest BCUT2D eigenvalue weighted by molar-refractivity contribution is 0.869. The fourth-order valence-electron chi connectivity index (χ4n) is 1.96. The molecule has 0 atom stereocenters. The SMILES string of the molecule is Cc1cc(NC2=NCCN2)n(-c2ccccc2)n1. The topological polar surface area (TPSA) is 54.2 Å². The summed E-state index contributed by atoms with van der Waals surface area (Å²) in [7, 11) is 0. The molecule has 0 unspecified atom stereocenters. The lowest BCUT2D eigenvalue weighted by atomic mass is 10.3. The molecule has 1 aliphatic heterocycles. The van der Waals surface area contributed by atoms with Crippen LogP contribution in [-0.2, 0) is 0 Å². The maximum absolute atomic E-state index is 4.49. The van der Waals surface area contributed by atoms with Crippen LogP contribution in [0.4, 0.5) is 5.82 Å². The molecule has 0 saturated heterocycles. The molecule has 0 aliphatic carbocycles. The van der Waals surface area contributed by atoms with Crippen LogP contribution in [0.3, 0.4) is 0 Å². The Labute approximate surface area is 106 Å². The second-order valence-electron chi connectivity index (χ2n) is 4.20. The average molecular weight is 241 g/mol. The van der Waals surface area contributed by atoms with Gasteiger partial charge in [-0.15, -0.1) is 0 Å². The Balaban J connectivity index is 1.94. The summed E-state index contributed by atoms with van der Waals surface area (Å²) in [5.74, 6) is 1.74. The fraction of sp³-hybridized carbons (Fsp3) is 0.231. The van der Waals surface area contributed by atoms with Gasteiger partial charge in [-0.1, -0.05) is 18.2 Å². The lowest BCUT2D eigenvalue weighted by Gasteiger charge is -2.09. The zero-order valence-electron chi connectivity index (χ0n) is 10.2. The summed E-state index contributed by atoms with van der Waals surface area (Å²) in [6.07, 6.45) is 0. The molecule has 5 heteroatoms. The number of aryl methyl sites for hydroxylation is 1. The number of hydrogen-bond donors (Lipinski definition) is 2. The van der Waals surface area contributed by atoms with Gasteiger partial charge in [0.2, 0.25) is 0 Å². The molecule has 18 heavy (non-hydrogen) atoms. The summed E-state index contributed by atoms with van der Waals surface area (Å²) in [4.78, 5) is 4.33. The van der Waals surface area contributed by atoms with E-state index in [4.69, 9.17) is 0 Å². The summed E-state index contributed by atoms with van der Waals surface area (Å²) < 4.78 is 1.89. The normalized spacial score (nSPS) is 14.2. The van der Waals surface area contributed by atoms with Gasteiger partial charge in [0.25, 0.3) is 0 Å². The third kappa shape index (κ3) is 2.07. The van der Waals surface area contributed by atoms with Gasteiger partial charge in [0, 0.05) is 12.6 Å². The maximum atomic E-state index is 4.49. The first kappa shape index (κ1) is 10.8. The van der Waals surface area contributed by atoms with Gasteiger partial charge >= 0.3 is 0 Å².